The Morgan fingerprint density at radius 2 is 1.72 bits per heavy atom. The Morgan fingerprint density at radius 3 is 2.44 bits per heavy atom. The summed E-state index contributed by atoms with van der Waals surface area (Å²) in [4.78, 5) is 13.9. The average Bonchev–Trinajstić information content (AvgIpc) is 2.78. The number of benzene rings is 2. The Kier molecular flexibility index (Phi) is 7.10. The summed E-state index contributed by atoms with van der Waals surface area (Å²) < 4.78 is 29.3. The van der Waals surface area contributed by atoms with E-state index in [1.807, 2.05) is 6.07 Å². The maximum Gasteiger partial charge on any atom is 0.311 e. The molecular formula is C26H30FNO4. The van der Waals surface area contributed by atoms with Crippen LogP contribution in [0.3, 0.4) is 0 Å². The second kappa shape index (κ2) is 10.2. The summed E-state index contributed by atoms with van der Waals surface area (Å²) in [6.07, 6.45) is 2.79. The van der Waals surface area contributed by atoms with Crippen molar-refractivity contribution < 1.29 is 23.4 Å². The van der Waals surface area contributed by atoms with Gasteiger partial charge in [-0.25, -0.2) is 4.39 Å². The Bertz CT molecular complexity index is 980. The summed E-state index contributed by atoms with van der Waals surface area (Å²) in [5.74, 6) is 1.20. The van der Waals surface area contributed by atoms with Gasteiger partial charge in [0.1, 0.15) is 17.3 Å². The number of carbonyl (C=O) groups is 1. The number of likely N-dealkylation sites (tertiary alicyclic amines) is 1. The summed E-state index contributed by atoms with van der Waals surface area (Å²) in [5, 5.41) is 0. The van der Waals surface area contributed by atoms with Gasteiger partial charge in [-0.1, -0.05) is 11.6 Å². The van der Waals surface area contributed by atoms with E-state index in [0.717, 1.165) is 44.6 Å². The van der Waals surface area contributed by atoms with Crippen LogP contribution in [0.1, 0.15) is 30.9 Å². The highest BCUT2D eigenvalue weighted by Crippen LogP contribution is 2.34. The summed E-state index contributed by atoms with van der Waals surface area (Å²) >= 11 is 0. The fourth-order valence-corrected chi connectivity index (χ4v) is 4.35. The van der Waals surface area contributed by atoms with Gasteiger partial charge in [-0.2, -0.15) is 0 Å². The summed E-state index contributed by atoms with van der Waals surface area (Å²) in [6, 6.07) is 12.4. The number of hydrogen-bond acceptors (Lipinski definition) is 5. The second-order valence-electron chi connectivity index (χ2n) is 8.47. The molecule has 0 N–H and O–H groups in total. The van der Waals surface area contributed by atoms with E-state index in [1.54, 1.807) is 12.1 Å². The SMILES string of the molecule is COC(=O)C1CN(CC2=C(C)c3ccc(OCCCOc4ccc(F)cc4)cc3CC2)C1. The fraction of sp³-hybridized carbons (Fsp3) is 0.423. The van der Waals surface area contributed by atoms with Crippen LogP contribution in [0.15, 0.2) is 48.0 Å². The molecule has 2 aliphatic rings. The standard InChI is InChI=1S/C26H30FNO4/c1-18-20(15-28-16-21(17-28)26(29)30-2)5-4-19-14-24(10-11-25(18)19)32-13-3-12-31-23-8-6-22(27)7-9-23/h6-11,14,21H,3-5,12-13,15-17H2,1-2H3. The predicted octanol–water partition coefficient (Wildman–Crippen LogP) is 4.50. The molecule has 0 spiro atoms. The van der Waals surface area contributed by atoms with Gasteiger partial charge in [-0.15, -0.1) is 0 Å². The molecule has 5 nitrogen and oxygen atoms in total. The number of nitrogens with zero attached hydrogens (tertiary/aromatic N) is 1. The van der Waals surface area contributed by atoms with Crippen molar-refractivity contribution in [3.63, 3.8) is 0 Å². The normalized spacial score (nSPS) is 16.3. The van der Waals surface area contributed by atoms with Crippen molar-refractivity contribution in [3.05, 3.63) is 65.0 Å². The lowest BCUT2D eigenvalue weighted by atomic mass is 9.85. The Morgan fingerprint density at radius 1 is 1.03 bits per heavy atom. The zero-order valence-corrected chi connectivity index (χ0v) is 18.7. The molecule has 170 valence electrons. The lowest BCUT2D eigenvalue weighted by molar-refractivity contribution is -0.151. The number of aryl methyl sites for hydroxylation is 1. The highest BCUT2D eigenvalue weighted by Gasteiger charge is 2.34. The monoisotopic (exact) mass is 439 g/mol. The van der Waals surface area contributed by atoms with Crippen LogP contribution in [0.2, 0.25) is 0 Å². The number of fused-ring (bicyclic) bond motifs is 1. The molecule has 0 radical (unpaired) electrons. The van der Waals surface area contributed by atoms with Crippen molar-refractivity contribution in [2.45, 2.75) is 26.2 Å². The number of halogens is 1. The van der Waals surface area contributed by atoms with Crippen molar-refractivity contribution >= 4 is 11.5 Å². The van der Waals surface area contributed by atoms with Gasteiger partial charge in [0.05, 0.1) is 26.2 Å². The topological polar surface area (TPSA) is 48.0 Å². The van der Waals surface area contributed by atoms with Crippen LogP contribution in [-0.2, 0) is 16.0 Å². The number of methoxy groups -OCH3 is 1. The quantitative estimate of drug-likeness (QED) is 0.425. The zero-order chi connectivity index (χ0) is 22.5. The molecule has 0 bridgehead atoms. The molecular weight excluding hydrogens is 409 g/mol. The molecule has 0 unspecified atom stereocenters. The molecule has 0 amide bonds. The molecule has 2 aromatic carbocycles. The summed E-state index contributed by atoms with van der Waals surface area (Å²) in [6.45, 7) is 5.77. The van der Waals surface area contributed by atoms with Crippen LogP contribution in [0.4, 0.5) is 4.39 Å². The van der Waals surface area contributed by atoms with Crippen molar-refractivity contribution in [1.29, 1.82) is 0 Å². The molecule has 0 atom stereocenters. The minimum absolute atomic E-state index is 0.0255. The van der Waals surface area contributed by atoms with E-state index in [2.05, 4.69) is 24.0 Å². The van der Waals surface area contributed by atoms with Crippen LogP contribution in [0.5, 0.6) is 11.5 Å². The van der Waals surface area contributed by atoms with Crippen molar-refractivity contribution in [2.75, 3.05) is 40.0 Å². The summed E-state index contributed by atoms with van der Waals surface area (Å²) in [7, 11) is 1.45. The number of rotatable bonds is 9. The van der Waals surface area contributed by atoms with Crippen LogP contribution in [0.25, 0.3) is 5.57 Å². The fourth-order valence-electron chi connectivity index (χ4n) is 4.35. The molecule has 1 aliphatic heterocycles. The highest BCUT2D eigenvalue weighted by atomic mass is 19.1. The van der Waals surface area contributed by atoms with Crippen LogP contribution in [0, 0.1) is 11.7 Å². The smallest absolute Gasteiger partial charge is 0.311 e. The van der Waals surface area contributed by atoms with Gasteiger partial charge >= 0.3 is 5.97 Å². The molecule has 1 saturated heterocycles. The Balaban J connectivity index is 1.25. The second-order valence-corrected chi connectivity index (χ2v) is 8.47. The zero-order valence-electron chi connectivity index (χ0n) is 18.7. The van der Waals surface area contributed by atoms with Crippen molar-refractivity contribution in [3.8, 4) is 11.5 Å². The molecule has 4 rings (SSSR count). The van der Waals surface area contributed by atoms with Gasteiger partial charge in [0.15, 0.2) is 0 Å². The average molecular weight is 440 g/mol. The van der Waals surface area contributed by atoms with E-state index in [4.69, 9.17) is 14.2 Å². The third-order valence-corrected chi connectivity index (χ3v) is 6.25. The number of hydrogen-bond donors (Lipinski definition) is 0. The van der Waals surface area contributed by atoms with Crippen LogP contribution in [-0.4, -0.2) is 50.8 Å². The van der Waals surface area contributed by atoms with E-state index < -0.39 is 0 Å². The largest absolute Gasteiger partial charge is 0.493 e. The minimum Gasteiger partial charge on any atom is -0.493 e. The van der Waals surface area contributed by atoms with Crippen molar-refractivity contribution in [2.24, 2.45) is 5.92 Å². The molecule has 2 aromatic rings. The van der Waals surface area contributed by atoms with E-state index in [0.29, 0.717) is 19.0 Å². The lowest BCUT2D eigenvalue weighted by Crippen LogP contribution is -2.51. The molecule has 0 aromatic heterocycles. The molecule has 1 aliphatic carbocycles. The van der Waals surface area contributed by atoms with E-state index in [9.17, 15) is 9.18 Å². The molecule has 0 saturated carbocycles. The van der Waals surface area contributed by atoms with Gasteiger partial charge in [0.25, 0.3) is 0 Å². The van der Waals surface area contributed by atoms with E-state index in [1.165, 1.54) is 41.5 Å². The molecule has 1 fully saturated rings. The first-order valence-electron chi connectivity index (χ1n) is 11.2. The number of esters is 1. The van der Waals surface area contributed by atoms with Gasteiger partial charge < -0.3 is 14.2 Å². The van der Waals surface area contributed by atoms with Crippen LogP contribution < -0.4 is 9.47 Å². The molecule has 6 heteroatoms. The molecule has 1 heterocycles. The van der Waals surface area contributed by atoms with Gasteiger partial charge in [0, 0.05) is 26.1 Å². The highest BCUT2D eigenvalue weighted by molar-refractivity contribution is 5.74. The molecule has 32 heavy (non-hydrogen) atoms. The predicted molar refractivity (Wildman–Crippen MR) is 121 cm³/mol. The maximum atomic E-state index is 12.9. The van der Waals surface area contributed by atoms with E-state index >= 15 is 0 Å². The third-order valence-electron chi connectivity index (χ3n) is 6.25. The number of allylic oxidation sites excluding steroid dienone is 1. The maximum absolute atomic E-state index is 12.9. The third kappa shape index (κ3) is 5.30. The first-order valence-corrected chi connectivity index (χ1v) is 11.2. The minimum atomic E-state index is -0.266. The first kappa shape index (κ1) is 22.3. The Labute approximate surface area is 188 Å². The summed E-state index contributed by atoms with van der Waals surface area (Å²) in [5.41, 5.74) is 5.41. The van der Waals surface area contributed by atoms with Gasteiger partial charge in [0.2, 0.25) is 0 Å². The van der Waals surface area contributed by atoms with Gasteiger partial charge in [-0.05, 0) is 72.9 Å². The van der Waals surface area contributed by atoms with Crippen LogP contribution >= 0.6 is 0 Å². The Hall–Kier alpha value is -2.86. The van der Waals surface area contributed by atoms with Gasteiger partial charge in [-0.3, -0.25) is 9.69 Å². The number of carbonyl (C=O) groups excluding carboxylic acids is 1. The number of ether oxygens (including phenoxy) is 3. The lowest BCUT2D eigenvalue weighted by Gasteiger charge is -2.39. The van der Waals surface area contributed by atoms with Crippen molar-refractivity contribution in [1.82, 2.24) is 4.90 Å². The first-order chi connectivity index (χ1) is 15.5. The van der Waals surface area contributed by atoms with E-state index in [-0.39, 0.29) is 17.7 Å².